The number of nitrogens with one attached hydrogen (secondary N) is 1. The maximum Gasteiger partial charge on any atom is 0.255 e. The van der Waals surface area contributed by atoms with Gasteiger partial charge in [0.15, 0.2) is 12.2 Å². The van der Waals surface area contributed by atoms with Gasteiger partial charge < -0.3 is 26.2 Å². The first-order chi connectivity index (χ1) is 15.3. The highest BCUT2D eigenvalue weighted by molar-refractivity contribution is 6.02. The van der Waals surface area contributed by atoms with Crippen LogP contribution in [0.5, 0.6) is 0 Å². The van der Waals surface area contributed by atoms with Crippen LogP contribution < -0.4 is 11.1 Å². The second kappa shape index (κ2) is 10.2. The standard InChI is InChI=1S/C22H28N6O4/c1-14(15-4-6-17(7-5-15)28-10-3-9-25-28)26-21(31)19(29)20(30)22(32)27-11-8-18(24-2)16(12-23)13-27/h3-7,9-10,12,14,19-20,29-30H,8,11,13,23H2,1-2H3,(H,26,31)/t14-,19-,20-/m1/s1. The minimum atomic E-state index is -1.90. The highest BCUT2D eigenvalue weighted by Gasteiger charge is 2.35. The van der Waals surface area contributed by atoms with Crippen LogP contribution in [-0.4, -0.2) is 74.8 Å². The van der Waals surface area contributed by atoms with E-state index < -0.39 is 30.1 Å². The Hall–Kier alpha value is -3.50. The SMILES string of the molecule is CN=C1CCN(C(=O)[C@H](O)[C@@H](O)C(=O)N[C@H](C)c2ccc(-n3cccn3)cc2)CC1=CN. The monoisotopic (exact) mass is 440 g/mol. The summed E-state index contributed by atoms with van der Waals surface area (Å²) in [5.41, 5.74) is 8.72. The molecule has 2 aromatic rings. The molecule has 0 bridgehead atoms. The Morgan fingerprint density at radius 1 is 1.25 bits per heavy atom. The maximum absolute atomic E-state index is 12.6. The number of carbonyl (C=O) groups excluding carboxylic acids is 2. The van der Waals surface area contributed by atoms with Gasteiger partial charge in [-0.15, -0.1) is 0 Å². The van der Waals surface area contributed by atoms with Gasteiger partial charge in [0.25, 0.3) is 11.8 Å². The minimum Gasteiger partial charge on any atom is -0.404 e. The zero-order valence-electron chi connectivity index (χ0n) is 18.0. The fourth-order valence-corrected chi connectivity index (χ4v) is 3.55. The summed E-state index contributed by atoms with van der Waals surface area (Å²) in [5.74, 6) is -1.57. The Labute approximate surface area is 186 Å². The minimum absolute atomic E-state index is 0.159. The first-order valence-electron chi connectivity index (χ1n) is 10.3. The number of hydrogen-bond acceptors (Lipinski definition) is 7. The van der Waals surface area contributed by atoms with E-state index in [1.807, 2.05) is 36.5 Å². The molecule has 0 saturated carbocycles. The number of aliphatic imine (C=N–C) groups is 1. The number of aliphatic hydroxyl groups excluding tert-OH is 2. The van der Waals surface area contributed by atoms with Gasteiger partial charge >= 0.3 is 0 Å². The lowest BCUT2D eigenvalue weighted by atomic mass is 10.0. The highest BCUT2D eigenvalue weighted by Crippen LogP contribution is 2.17. The van der Waals surface area contributed by atoms with Gasteiger partial charge in [-0.05, 0) is 30.7 Å². The topological polar surface area (TPSA) is 146 Å². The lowest BCUT2D eigenvalue weighted by molar-refractivity contribution is -0.153. The van der Waals surface area contributed by atoms with Gasteiger partial charge in [0.2, 0.25) is 0 Å². The van der Waals surface area contributed by atoms with Crippen molar-refractivity contribution < 1.29 is 19.8 Å². The van der Waals surface area contributed by atoms with Crippen LogP contribution in [0.2, 0.25) is 0 Å². The van der Waals surface area contributed by atoms with Gasteiger partial charge in [-0.25, -0.2) is 4.68 Å². The summed E-state index contributed by atoms with van der Waals surface area (Å²) < 4.78 is 1.71. The van der Waals surface area contributed by atoms with E-state index in [1.165, 1.54) is 11.1 Å². The van der Waals surface area contributed by atoms with Crippen LogP contribution in [0.1, 0.15) is 24.9 Å². The third-order valence-corrected chi connectivity index (χ3v) is 5.47. The van der Waals surface area contributed by atoms with Crippen LogP contribution in [0.15, 0.2) is 59.5 Å². The van der Waals surface area contributed by atoms with Crippen molar-refractivity contribution in [3.05, 3.63) is 60.1 Å². The predicted molar refractivity (Wildman–Crippen MR) is 119 cm³/mol. The quantitative estimate of drug-likeness (QED) is 0.494. The van der Waals surface area contributed by atoms with Crippen LogP contribution in [0.3, 0.4) is 0 Å². The zero-order valence-corrected chi connectivity index (χ0v) is 18.0. The molecule has 2 amide bonds. The number of aromatic nitrogens is 2. The van der Waals surface area contributed by atoms with E-state index in [9.17, 15) is 19.8 Å². The molecule has 10 heteroatoms. The Bertz CT molecular complexity index is 1000. The Morgan fingerprint density at radius 3 is 2.56 bits per heavy atom. The van der Waals surface area contributed by atoms with E-state index in [2.05, 4.69) is 15.4 Å². The summed E-state index contributed by atoms with van der Waals surface area (Å²) in [6, 6.07) is 8.74. The van der Waals surface area contributed by atoms with Crippen molar-refractivity contribution in [2.45, 2.75) is 31.6 Å². The van der Waals surface area contributed by atoms with Crippen LogP contribution in [0.4, 0.5) is 0 Å². The summed E-state index contributed by atoms with van der Waals surface area (Å²) in [6.45, 7) is 2.22. The molecule has 32 heavy (non-hydrogen) atoms. The number of aliphatic hydroxyl groups is 2. The van der Waals surface area contributed by atoms with E-state index in [0.29, 0.717) is 18.5 Å². The van der Waals surface area contributed by atoms with Gasteiger partial charge in [-0.1, -0.05) is 12.1 Å². The third kappa shape index (κ3) is 5.04. The Kier molecular flexibility index (Phi) is 7.39. The molecule has 1 aromatic heterocycles. The fraction of sp³-hybridized carbons (Fsp3) is 0.364. The van der Waals surface area contributed by atoms with Crippen molar-refractivity contribution in [3.63, 3.8) is 0 Å². The number of piperidine rings is 1. The van der Waals surface area contributed by atoms with Crippen LogP contribution >= 0.6 is 0 Å². The Balaban J connectivity index is 1.59. The second-order valence-corrected chi connectivity index (χ2v) is 7.53. The average Bonchev–Trinajstić information content (AvgIpc) is 3.37. The lowest BCUT2D eigenvalue weighted by Gasteiger charge is -2.32. The molecule has 170 valence electrons. The molecule has 2 heterocycles. The number of nitrogens with two attached hydrogens (primary N) is 1. The summed E-state index contributed by atoms with van der Waals surface area (Å²) in [5, 5.41) is 27.4. The second-order valence-electron chi connectivity index (χ2n) is 7.53. The highest BCUT2D eigenvalue weighted by atomic mass is 16.3. The van der Waals surface area contributed by atoms with Crippen molar-refractivity contribution in [1.29, 1.82) is 0 Å². The van der Waals surface area contributed by atoms with E-state index in [4.69, 9.17) is 5.73 Å². The number of likely N-dealkylation sites (tertiary alicyclic amines) is 1. The van der Waals surface area contributed by atoms with Crippen molar-refractivity contribution in [1.82, 2.24) is 20.0 Å². The number of nitrogens with zero attached hydrogens (tertiary/aromatic N) is 4. The molecule has 1 aliphatic rings. The number of amides is 2. The summed E-state index contributed by atoms with van der Waals surface area (Å²) in [6.07, 6.45) is 1.56. The Morgan fingerprint density at radius 2 is 1.97 bits per heavy atom. The van der Waals surface area contributed by atoms with E-state index >= 15 is 0 Å². The van der Waals surface area contributed by atoms with Crippen LogP contribution in [0.25, 0.3) is 5.69 Å². The molecule has 1 aromatic carbocycles. The lowest BCUT2D eigenvalue weighted by Crippen LogP contribution is -2.53. The number of hydrogen-bond donors (Lipinski definition) is 4. The molecule has 1 aliphatic heterocycles. The fourth-order valence-electron chi connectivity index (χ4n) is 3.55. The van der Waals surface area contributed by atoms with Gasteiger partial charge in [-0.3, -0.25) is 14.6 Å². The molecular formula is C22H28N6O4. The van der Waals surface area contributed by atoms with E-state index in [1.54, 1.807) is 24.9 Å². The number of carbonyl (C=O) groups is 2. The van der Waals surface area contributed by atoms with Crippen molar-refractivity contribution in [2.75, 3.05) is 20.1 Å². The summed E-state index contributed by atoms with van der Waals surface area (Å²) in [4.78, 5) is 30.6. The maximum atomic E-state index is 12.6. The molecule has 3 rings (SSSR count). The van der Waals surface area contributed by atoms with Crippen molar-refractivity contribution in [2.24, 2.45) is 10.7 Å². The zero-order chi connectivity index (χ0) is 23.3. The first-order valence-corrected chi connectivity index (χ1v) is 10.3. The van der Waals surface area contributed by atoms with Crippen molar-refractivity contribution >= 4 is 17.5 Å². The van der Waals surface area contributed by atoms with E-state index in [0.717, 1.165) is 17.0 Å². The molecule has 0 spiro atoms. The van der Waals surface area contributed by atoms with Gasteiger partial charge in [-0.2, -0.15) is 5.10 Å². The number of rotatable bonds is 6. The number of benzene rings is 1. The molecule has 3 atom stereocenters. The normalized spacial score (nSPS) is 19.6. The molecular weight excluding hydrogens is 412 g/mol. The third-order valence-electron chi connectivity index (χ3n) is 5.47. The smallest absolute Gasteiger partial charge is 0.255 e. The van der Waals surface area contributed by atoms with Gasteiger partial charge in [0, 0.05) is 56.4 Å². The molecule has 0 radical (unpaired) electrons. The van der Waals surface area contributed by atoms with Crippen LogP contribution in [-0.2, 0) is 9.59 Å². The predicted octanol–water partition coefficient (Wildman–Crippen LogP) is -0.0830. The van der Waals surface area contributed by atoms with Crippen molar-refractivity contribution in [3.8, 4) is 5.69 Å². The molecule has 1 saturated heterocycles. The molecule has 0 aliphatic carbocycles. The molecule has 10 nitrogen and oxygen atoms in total. The first kappa shape index (κ1) is 23.2. The van der Waals surface area contributed by atoms with Gasteiger partial charge in [0.1, 0.15) is 0 Å². The molecule has 0 unspecified atom stereocenters. The van der Waals surface area contributed by atoms with Crippen LogP contribution in [0, 0.1) is 0 Å². The van der Waals surface area contributed by atoms with E-state index in [-0.39, 0.29) is 6.54 Å². The molecule has 1 fully saturated rings. The summed E-state index contributed by atoms with van der Waals surface area (Å²) >= 11 is 0. The molecule has 5 N–H and O–H groups in total. The van der Waals surface area contributed by atoms with Gasteiger partial charge in [0.05, 0.1) is 11.7 Å². The largest absolute Gasteiger partial charge is 0.404 e. The average molecular weight is 441 g/mol. The summed E-state index contributed by atoms with van der Waals surface area (Å²) in [7, 11) is 1.64.